The van der Waals surface area contributed by atoms with E-state index in [4.69, 9.17) is 4.52 Å². The number of aromatic nitrogens is 2. The van der Waals surface area contributed by atoms with Crippen molar-refractivity contribution < 1.29 is 26.5 Å². The van der Waals surface area contributed by atoms with Gasteiger partial charge in [-0.05, 0) is 43.7 Å². The van der Waals surface area contributed by atoms with Gasteiger partial charge in [-0.3, -0.25) is 4.79 Å². The smallest absolute Gasteiger partial charge is 0.339 e. The molecule has 0 bridgehead atoms. The van der Waals surface area contributed by atoms with Gasteiger partial charge in [0.25, 0.3) is 5.91 Å². The van der Waals surface area contributed by atoms with E-state index >= 15 is 0 Å². The molecular formula is C19H21F2N3O4S. The number of rotatable bonds is 6. The summed E-state index contributed by atoms with van der Waals surface area (Å²) < 4.78 is 55.3. The lowest BCUT2D eigenvalue weighted by Gasteiger charge is -2.32. The monoisotopic (exact) mass is 425 g/mol. The molecule has 1 aromatic carbocycles. The third kappa shape index (κ3) is 4.17. The van der Waals surface area contributed by atoms with Gasteiger partial charge in [-0.2, -0.15) is 13.8 Å². The molecule has 10 heteroatoms. The summed E-state index contributed by atoms with van der Waals surface area (Å²) in [6.07, 6.45) is 4.27. The van der Waals surface area contributed by atoms with E-state index in [2.05, 4.69) is 10.1 Å². The minimum absolute atomic E-state index is 0.0825. The number of amides is 1. The van der Waals surface area contributed by atoms with Gasteiger partial charge in [-0.1, -0.05) is 17.3 Å². The number of piperidine rings is 1. The first-order valence-corrected chi connectivity index (χ1v) is 11.1. The second-order valence-corrected chi connectivity index (χ2v) is 9.47. The Morgan fingerprint density at radius 2 is 2.00 bits per heavy atom. The van der Waals surface area contributed by atoms with Crippen molar-refractivity contribution in [2.24, 2.45) is 5.92 Å². The summed E-state index contributed by atoms with van der Waals surface area (Å²) in [4.78, 5) is 18.3. The molecule has 29 heavy (non-hydrogen) atoms. The topological polar surface area (TPSA) is 93.4 Å². The fourth-order valence-corrected chi connectivity index (χ4v) is 4.60. The van der Waals surface area contributed by atoms with E-state index in [1.54, 1.807) is 0 Å². The van der Waals surface area contributed by atoms with Crippen molar-refractivity contribution >= 4 is 15.7 Å². The highest BCUT2D eigenvalue weighted by molar-refractivity contribution is 7.91. The zero-order valence-corrected chi connectivity index (χ0v) is 16.4. The second kappa shape index (κ2) is 7.81. The molecule has 0 radical (unpaired) electrons. The van der Waals surface area contributed by atoms with Gasteiger partial charge >= 0.3 is 5.76 Å². The van der Waals surface area contributed by atoms with Crippen molar-refractivity contribution in [3.63, 3.8) is 0 Å². The minimum atomic E-state index is -4.87. The number of hydrogen-bond acceptors (Lipinski definition) is 6. The van der Waals surface area contributed by atoms with Crippen molar-refractivity contribution in [1.82, 2.24) is 15.0 Å². The summed E-state index contributed by atoms with van der Waals surface area (Å²) in [6.45, 7) is 0.818. The number of carbonyl (C=O) groups excluding carboxylic acids is 1. The fraction of sp³-hybridized carbons (Fsp3) is 0.526. The van der Waals surface area contributed by atoms with Gasteiger partial charge in [0.2, 0.25) is 15.7 Å². The molecule has 1 atom stereocenters. The van der Waals surface area contributed by atoms with Gasteiger partial charge in [0.1, 0.15) is 0 Å². The standard InChI is InChI=1S/C19H21F2N3O4S/c20-19(21)29(26,27)15-6-2-1-5-14(15)18(25)24-9-3-4-12(11-24)10-16-22-17(23-28-16)13-7-8-13/h1-2,5-6,12-13,19H,3-4,7-11H2. The molecule has 0 spiro atoms. The number of carbonyl (C=O) groups is 1. The molecule has 2 aromatic rings. The highest BCUT2D eigenvalue weighted by Gasteiger charge is 2.34. The number of benzene rings is 1. The molecule has 1 saturated heterocycles. The Morgan fingerprint density at radius 1 is 1.24 bits per heavy atom. The van der Waals surface area contributed by atoms with Crippen LogP contribution in [-0.4, -0.2) is 48.2 Å². The average Bonchev–Trinajstić information content (AvgIpc) is 3.47. The van der Waals surface area contributed by atoms with E-state index in [1.165, 1.54) is 23.1 Å². The lowest BCUT2D eigenvalue weighted by atomic mass is 9.94. The molecule has 1 unspecified atom stereocenters. The summed E-state index contributed by atoms with van der Waals surface area (Å²) in [7, 11) is -4.87. The van der Waals surface area contributed by atoms with Crippen LogP contribution < -0.4 is 0 Å². The van der Waals surface area contributed by atoms with Gasteiger partial charge in [-0.25, -0.2) is 8.42 Å². The van der Waals surface area contributed by atoms with Gasteiger partial charge in [0.05, 0.1) is 10.5 Å². The third-order valence-corrected chi connectivity index (χ3v) is 6.79. The predicted octanol–water partition coefficient (Wildman–Crippen LogP) is 3.04. The molecule has 1 aliphatic carbocycles. The minimum Gasteiger partial charge on any atom is -0.339 e. The predicted molar refractivity (Wildman–Crippen MR) is 98.2 cm³/mol. The maximum absolute atomic E-state index is 13.0. The molecule has 1 aromatic heterocycles. The molecule has 1 amide bonds. The number of likely N-dealkylation sites (tertiary alicyclic amines) is 1. The number of halogens is 2. The first-order valence-electron chi connectivity index (χ1n) is 9.59. The SMILES string of the molecule is O=C(c1ccccc1S(=O)(=O)C(F)F)N1CCCC(Cc2nc(C3CC3)no2)C1. The number of alkyl halides is 2. The van der Waals surface area contributed by atoms with Crippen molar-refractivity contribution in [1.29, 1.82) is 0 Å². The lowest BCUT2D eigenvalue weighted by Crippen LogP contribution is -2.41. The Bertz CT molecular complexity index is 1000. The molecule has 2 fully saturated rings. The Morgan fingerprint density at radius 3 is 2.72 bits per heavy atom. The summed E-state index contributed by atoms with van der Waals surface area (Å²) in [6, 6.07) is 5.13. The third-order valence-electron chi connectivity index (χ3n) is 5.35. The Kier molecular flexibility index (Phi) is 5.37. The van der Waals surface area contributed by atoms with Crippen LogP contribution in [0, 0.1) is 5.92 Å². The van der Waals surface area contributed by atoms with E-state index in [1.807, 2.05) is 0 Å². The van der Waals surface area contributed by atoms with Gasteiger partial charge in [0, 0.05) is 25.4 Å². The summed E-state index contributed by atoms with van der Waals surface area (Å²) in [5, 5.41) is 4.00. The van der Waals surface area contributed by atoms with Crippen molar-refractivity contribution in [2.75, 3.05) is 13.1 Å². The van der Waals surface area contributed by atoms with E-state index in [0.717, 1.165) is 37.6 Å². The van der Waals surface area contributed by atoms with Crippen LogP contribution in [0.15, 0.2) is 33.7 Å². The second-order valence-electron chi connectivity index (χ2n) is 7.59. The summed E-state index contributed by atoms with van der Waals surface area (Å²) in [5.74, 6) is -2.39. The maximum atomic E-state index is 13.0. The van der Waals surface area contributed by atoms with Crippen LogP contribution in [0.1, 0.15) is 53.7 Å². The van der Waals surface area contributed by atoms with Crippen molar-refractivity contribution in [2.45, 2.75) is 48.7 Å². The number of hydrogen-bond donors (Lipinski definition) is 0. The summed E-state index contributed by atoms with van der Waals surface area (Å²) in [5.41, 5.74) is -0.220. The molecule has 0 N–H and O–H groups in total. The highest BCUT2D eigenvalue weighted by atomic mass is 32.2. The van der Waals surface area contributed by atoms with Gasteiger partial charge in [0.15, 0.2) is 5.82 Å². The van der Waals surface area contributed by atoms with Gasteiger partial charge < -0.3 is 9.42 Å². The Hall–Kier alpha value is -2.36. The zero-order valence-electron chi connectivity index (χ0n) is 15.6. The summed E-state index contributed by atoms with van der Waals surface area (Å²) >= 11 is 0. The Labute approximate surface area is 167 Å². The average molecular weight is 425 g/mol. The molecule has 156 valence electrons. The van der Waals surface area contributed by atoms with Gasteiger partial charge in [-0.15, -0.1) is 0 Å². The van der Waals surface area contributed by atoms with E-state index < -0.39 is 26.4 Å². The van der Waals surface area contributed by atoms with Crippen LogP contribution in [-0.2, 0) is 16.3 Å². The highest BCUT2D eigenvalue weighted by Crippen LogP contribution is 2.38. The first kappa shape index (κ1) is 19.9. The molecule has 1 saturated carbocycles. The van der Waals surface area contributed by atoms with Crippen LogP contribution in [0.2, 0.25) is 0 Å². The molecular weight excluding hydrogens is 404 g/mol. The van der Waals surface area contributed by atoms with E-state index in [9.17, 15) is 22.0 Å². The van der Waals surface area contributed by atoms with Crippen LogP contribution in [0.5, 0.6) is 0 Å². The Balaban J connectivity index is 1.49. The van der Waals surface area contributed by atoms with Crippen LogP contribution in [0.3, 0.4) is 0 Å². The quantitative estimate of drug-likeness (QED) is 0.706. The molecule has 1 aliphatic heterocycles. The molecule has 4 rings (SSSR count). The van der Waals surface area contributed by atoms with Crippen molar-refractivity contribution in [3.8, 4) is 0 Å². The first-order chi connectivity index (χ1) is 13.9. The zero-order chi connectivity index (χ0) is 20.6. The largest absolute Gasteiger partial charge is 0.341 e. The van der Waals surface area contributed by atoms with Crippen molar-refractivity contribution in [3.05, 3.63) is 41.5 Å². The molecule has 2 aliphatic rings. The van der Waals surface area contributed by atoms with Crippen LogP contribution in [0.4, 0.5) is 8.78 Å². The lowest BCUT2D eigenvalue weighted by molar-refractivity contribution is 0.0664. The maximum Gasteiger partial charge on any atom is 0.341 e. The molecule has 7 nitrogen and oxygen atoms in total. The van der Waals surface area contributed by atoms with E-state index in [-0.39, 0.29) is 11.5 Å². The van der Waals surface area contributed by atoms with E-state index in [0.29, 0.717) is 31.3 Å². The number of sulfone groups is 1. The fourth-order valence-electron chi connectivity index (χ4n) is 3.68. The van der Waals surface area contributed by atoms with Crippen LogP contribution >= 0.6 is 0 Å². The molecule has 2 heterocycles. The van der Waals surface area contributed by atoms with Crippen LogP contribution in [0.25, 0.3) is 0 Å². The normalized spacial score (nSPS) is 20.2. The number of nitrogens with zero attached hydrogens (tertiary/aromatic N) is 3.